The van der Waals surface area contributed by atoms with E-state index in [-0.39, 0.29) is 29.6 Å². The summed E-state index contributed by atoms with van der Waals surface area (Å²) < 4.78 is 5.19. The maximum atomic E-state index is 12.0. The molecule has 0 spiro atoms. The SMILES string of the molecule is CC(C)NC(=O)CN1CCN(c2nc(Cl)nc(N[C@@H](Cc3ccc(OC(=O)N(C)C)cc3)C(=O)O)n2)CC1. The number of ether oxygens (including phenoxy) is 1. The summed E-state index contributed by atoms with van der Waals surface area (Å²) in [5, 5.41) is 15.4. The lowest BCUT2D eigenvalue weighted by Crippen LogP contribution is -2.50. The van der Waals surface area contributed by atoms with Crippen molar-refractivity contribution < 1.29 is 24.2 Å². The van der Waals surface area contributed by atoms with E-state index in [0.29, 0.717) is 50.0 Å². The van der Waals surface area contributed by atoms with Gasteiger partial charge in [-0.15, -0.1) is 0 Å². The molecule has 3 rings (SSSR count). The number of piperazine rings is 1. The Morgan fingerprint density at radius 3 is 2.32 bits per heavy atom. The van der Waals surface area contributed by atoms with Crippen LogP contribution in [0.1, 0.15) is 19.4 Å². The zero-order valence-corrected chi connectivity index (χ0v) is 22.6. The highest BCUT2D eigenvalue weighted by molar-refractivity contribution is 6.28. The molecule has 1 aliphatic rings. The standard InChI is InChI=1S/C24H33ClN8O5/c1-15(2)26-19(34)14-32-9-11-33(12-10-32)23-29-21(25)28-22(30-23)27-18(20(35)36)13-16-5-7-17(8-6-16)38-24(37)31(3)4/h5-8,15,18H,9-14H2,1-4H3,(H,26,34)(H,35,36)(H,27,28,29,30)/t18-/m0/s1. The molecule has 206 valence electrons. The van der Waals surface area contributed by atoms with Crippen LogP contribution in [0.3, 0.4) is 0 Å². The third-order valence-electron chi connectivity index (χ3n) is 5.60. The largest absolute Gasteiger partial charge is 0.480 e. The van der Waals surface area contributed by atoms with Gasteiger partial charge in [0.25, 0.3) is 0 Å². The van der Waals surface area contributed by atoms with Gasteiger partial charge >= 0.3 is 12.1 Å². The lowest BCUT2D eigenvalue weighted by atomic mass is 10.1. The number of aromatic nitrogens is 3. The van der Waals surface area contributed by atoms with Crippen molar-refractivity contribution in [2.45, 2.75) is 32.4 Å². The zero-order valence-electron chi connectivity index (χ0n) is 21.8. The number of nitrogens with one attached hydrogen (secondary N) is 2. The third kappa shape index (κ3) is 8.70. The Kier molecular flexibility index (Phi) is 10.0. The Balaban J connectivity index is 1.62. The lowest BCUT2D eigenvalue weighted by Gasteiger charge is -2.34. The lowest BCUT2D eigenvalue weighted by molar-refractivity contribution is -0.137. The molecule has 3 N–H and O–H groups in total. The number of carboxylic acids is 1. The summed E-state index contributed by atoms with van der Waals surface area (Å²) in [5.74, 6) is -0.397. The van der Waals surface area contributed by atoms with E-state index >= 15 is 0 Å². The number of carbonyl (C=O) groups is 3. The van der Waals surface area contributed by atoms with Gasteiger partial charge in [-0.1, -0.05) is 12.1 Å². The minimum Gasteiger partial charge on any atom is -0.480 e. The minimum absolute atomic E-state index is 0.0212. The normalized spacial score (nSPS) is 14.6. The Morgan fingerprint density at radius 2 is 1.74 bits per heavy atom. The third-order valence-corrected chi connectivity index (χ3v) is 5.77. The van der Waals surface area contributed by atoms with Gasteiger partial charge in [0.05, 0.1) is 6.54 Å². The highest BCUT2D eigenvalue weighted by atomic mass is 35.5. The van der Waals surface area contributed by atoms with Crippen molar-refractivity contribution in [3.63, 3.8) is 0 Å². The number of carbonyl (C=O) groups excluding carboxylic acids is 2. The van der Waals surface area contributed by atoms with Crippen LogP contribution in [0, 0.1) is 0 Å². The van der Waals surface area contributed by atoms with Crippen LogP contribution >= 0.6 is 11.6 Å². The molecule has 1 fully saturated rings. The van der Waals surface area contributed by atoms with E-state index in [0.717, 1.165) is 0 Å². The summed E-state index contributed by atoms with van der Waals surface area (Å²) in [6, 6.07) is 5.60. The fourth-order valence-electron chi connectivity index (χ4n) is 3.70. The van der Waals surface area contributed by atoms with Gasteiger partial charge in [-0.25, -0.2) is 9.59 Å². The van der Waals surface area contributed by atoms with Crippen molar-refractivity contribution in [2.24, 2.45) is 0 Å². The van der Waals surface area contributed by atoms with Crippen molar-refractivity contribution >= 4 is 41.5 Å². The number of benzene rings is 1. The predicted molar refractivity (Wildman–Crippen MR) is 142 cm³/mol. The molecule has 14 heteroatoms. The van der Waals surface area contributed by atoms with Gasteiger partial charge in [0.2, 0.25) is 23.1 Å². The summed E-state index contributed by atoms with van der Waals surface area (Å²) in [7, 11) is 3.15. The second kappa shape index (κ2) is 13.2. The Hall–Kier alpha value is -3.71. The molecule has 38 heavy (non-hydrogen) atoms. The highest BCUT2D eigenvalue weighted by Gasteiger charge is 2.24. The van der Waals surface area contributed by atoms with Crippen LogP contribution in [-0.2, 0) is 16.0 Å². The number of hydrogen-bond acceptors (Lipinski definition) is 10. The molecule has 1 aliphatic heterocycles. The van der Waals surface area contributed by atoms with Crippen LogP contribution in [0.15, 0.2) is 24.3 Å². The molecule has 1 aromatic heterocycles. The first-order chi connectivity index (χ1) is 18.0. The van der Waals surface area contributed by atoms with Gasteiger partial charge < -0.3 is 30.3 Å². The monoisotopic (exact) mass is 548 g/mol. The van der Waals surface area contributed by atoms with E-state index in [1.54, 1.807) is 38.4 Å². The summed E-state index contributed by atoms with van der Waals surface area (Å²) >= 11 is 6.13. The van der Waals surface area contributed by atoms with Gasteiger partial charge in [-0.3, -0.25) is 9.69 Å². The summed E-state index contributed by atoms with van der Waals surface area (Å²) in [5.41, 5.74) is 0.701. The molecule has 0 bridgehead atoms. The van der Waals surface area contributed by atoms with Gasteiger partial charge in [0.1, 0.15) is 11.8 Å². The second-order valence-electron chi connectivity index (χ2n) is 9.36. The van der Waals surface area contributed by atoms with E-state index in [9.17, 15) is 19.5 Å². The fourth-order valence-corrected chi connectivity index (χ4v) is 3.86. The van der Waals surface area contributed by atoms with Crippen LogP contribution in [0.5, 0.6) is 5.75 Å². The molecule has 0 saturated carbocycles. The number of anilines is 2. The number of amides is 2. The number of hydrogen-bond donors (Lipinski definition) is 3. The zero-order chi connectivity index (χ0) is 27.8. The summed E-state index contributed by atoms with van der Waals surface area (Å²) in [4.78, 5) is 53.6. The van der Waals surface area contributed by atoms with Gasteiger partial charge in [0.15, 0.2) is 0 Å². The van der Waals surface area contributed by atoms with Crippen LogP contribution in [-0.4, -0.2) is 107 Å². The first kappa shape index (κ1) is 28.9. The molecule has 1 atom stereocenters. The van der Waals surface area contributed by atoms with Crippen molar-refractivity contribution in [3.8, 4) is 5.75 Å². The van der Waals surface area contributed by atoms with Crippen LogP contribution in [0.25, 0.3) is 0 Å². The second-order valence-corrected chi connectivity index (χ2v) is 9.70. The Bertz CT molecular complexity index is 1120. The highest BCUT2D eigenvalue weighted by Crippen LogP contribution is 2.19. The molecule has 1 saturated heterocycles. The van der Waals surface area contributed by atoms with E-state index in [2.05, 4.69) is 25.6 Å². The van der Waals surface area contributed by atoms with Gasteiger partial charge in [0, 0.05) is 52.7 Å². The summed E-state index contributed by atoms with van der Waals surface area (Å²) in [6.45, 7) is 6.56. The molecule has 0 unspecified atom stereocenters. The van der Waals surface area contributed by atoms with Gasteiger partial charge in [-0.05, 0) is 43.1 Å². The average Bonchev–Trinajstić information content (AvgIpc) is 2.84. The van der Waals surface area contributed by atoms with E-state index < -0.39 is 18.1 Å². The quantitative estimate of drug-likeness (QED) is 0.394. The maximum absolute atomic E-state index is 12.0. The van der Waals surface area contributed by atoms with Crippen LogP contribution in [0.2, 0.25) is 5.28 Å². The summed E-state index contributed by atoms with van der Waals surface area (Å²) in [6.07, 6.45) is -0.393. The minimum atomic E-state index is -1.10. The molecule has 0 radical (unpaired) electrons. The molecular weight excluding hydrogens is 516 g/mol. The molecule has 0 aliphatic carbocycles. The topological polar surface area (TPSA) is 153 Å². The molecular formula is C24H33ClN8O5. The van der Waals surface area contributed by atoms with Crippen LogP contribution < -0.4 is 20.3 Å². The fraction of sp³-hybridized carbons (Fsp3) is 0.500. The smallest absolute Gasteiger partial charge is 0.414 e. The van der Waals surface area contributed by atoms with Crippen molar-refractivity contribution in [2.75, 3.05) is 57.0 Å². The van der Waals surface area contributed by atoms with E-state index in [1.807, 2.05) is 23.6 Å². The number of aliphatic carboxylic acids is 1. The van der Waals surface area contributed by atoms with E-state index in [1.165, 1.54) is 4.90 Å². The first-order valence-electron chi connectivity index (χ1n) is 12.2. The molecule has 2 amide bonds. The Labute approximate surface area is 226 Å². The maximum Gasteiger partial charge on any atom is 0.414 e. The molecule has 13 nitrogen and oxygen atoms in total. The number of nitrogens with zero attached hydrogens (tertiary/aromatic N) is 6. The van der Waals surface area contributed by atoms with Crippen molar-refractivity contribution in [1.82, 2.24) is 30.1 Å². The van der Waals surface area contributed by atoms with Crippen molar-refractivity contribution in [1.29, 1.82) is 0 Å². The van der Waals surface area contributed by atoms with Gasteiger partial charge in [-0.2, -0.15) is 15.0 Å². The Morgan fingerprint density at radius 1 is 1.08 bits per heavy atom. The number of carboxylic acid groups (broad SMARTS) is 1. The molecule has 2 aromatic rings. The molecule has 2 heterocycles. The number of halogens is 1. The number of rotatable bonds is 10. The first-order valence-corrected chi connectivity index (χ1v) is 12.5. The van der Waals surface area contributed by atoms with Crippen molar-refractivity contribution in [3.05, 3.63) is 35.1 Å². The average molecular weight is 549 g/mol. The molecule has 1 aromatic carbocycles. The van der Waals surface area contributed by atoms with Crippen LogP contribution in [0.4, 0.5) is 16.7 Å². The predicted octanol–water partition coefficient (Wildman–Crippen LogP) is 1.34. The van der Waals surface area contributed by atoms with E-state index in [4.69, 9.17) is 16.3 Å².